The van der Waals surface area contributed by atoms with E-state index in [4.69, 9.17) is 5.73 Å². The molecule has 5 heteroatoms. The highest BCUT2D eigenvalue weighted by Crippen LogP contribution is 2.15. The van der Waals surface area contributed by atoms with Gasteiger partial charge in [0.1, 0.15) is 0 Å². The van der Waals surface area contributed by atoms with E-state index in [0.29, 0.717) is 6.54 Å². The summed E-state index contributed by atoms with van der Waals surface area (Å²) in [5, 5.41) is 2.76. The lowest BCUT2D eigenvalue weighted by molar-refractivity contribution is -0.119. The van der Waals surface area contributed by atoms with Gasteiger partial charge in [0.05, 0.1) is 23.9 Å². The van der Waals surface area contributed by atoms with Crippen molar-refractivity contribution in [2.45, 2.75) is 19.9 Å². The van der Waals surface area contributed by atoms with E-state index in [-0.39, 0.29) is 12.5 Å². The van der Waals surface area contributed by atoms with Gasteiger partial charge in [-0.2, -0.15) is 0 Å². The zero-order valence-corrected chi connectivity index (χ0v) is 10.5. The molecular formula is C13H18N4O. The number of hydrogen-bond donors (Lipinski definition) is 2. The first-order valence-electron chi connectivity index (χ1n) is 6.15. The zero-order valence-electron chi connectivity index (χ0n) is 10.5. The number of amides is 1. The maximum atomic E-state index is 11.0. The Morgan fingerprint density at radius 3 is 3.06 bits per heavy atom. The highest BCUT2D eigenvalue weighted by molar-refractivity contribution is 5.78. The van der Waals surface area contributed by atoms with Gasteiger partial charge in [-0.3, -0.25) is 4.79 Å². The van der Waals surface area contributed by atoms with Gasteiger partial charge in [-0.05, 0) is 31.0 Å². The van der Waals surface area contributed by atoms with E-state index in [0.717, 1.165) is 24.0 Å². The fourth-order valence-electron chi connectivity index (χ4n) is 1.94. The van der Waals surface area contributed by atoms with Crippen LogP contribution in [0.1, 0.15) is 12.5 Å². The zero-order chi connectivity index (χ0) is 13.0. The number of nitrogens with one attached hydrogen (secondary N) is 1. The Balaban J connectivity index is 2.04. The Morgan fingerprint density at radius 1 is 1.50 bits per heavy atom. The van der Waals surface area contributed by atoms with Crippen LogP contribution >= 0.6 is 0 Å². The Bertz CT molecular complexity index is 547. The number of imidazole rings is 1. The Labute approximate surface area is 106 Å². The Hall–Kier alpha value is -1.88. The summed E-state index contributed by atoms with van der Waals surface area (Å²) in [7, 11) is 0. The minimum absolute atomic E-state index is 0.0416. The number of rotatable bonds is 5. The summed E-state index contributed by atoms with van der Waals surface area (Å²) in [6, 6.07) is 6.22. The van der Waals surface area contributed by atoms with Crippen molar-refractivity contribution < 1.29 is 4.79 Å². The molecule has 0 aliphatic carbocycles. The molecule has 0 fully saturated rings. The van der Waals surface area contributed by atoms with E-state index < -0.39 is 0 Å². The van der Waals surface area contributed by atoms with Gasteiger partial charge in [0.15, 0.2) is 0 Å². The number of aryl methyl sites for hydroxylation is 1. The third kappa shape index (κ3) is 2.68. The van der Waals surface area contributed by atoms with Gasteiger partial charge in [-0.15, -0.1) is 0 Å². The number of hydrogen-bond acceptors (Lipinski definition) is 3. The molecule has 96 valence electrons. The molecule has 2 rings (SSSR count). The molecule has 0 aliphatic heterocycles. The van der Waals surface area contributed by atoms with Crippen LogP contribution in [0.3, 0.4) is 0 Å². The van der Waals surface area contributed by atoms with Crippen LogP contribution in [0.15, 0.2) is 24.5 Å². The molecule has 0 atom stereocenters. The molecule has 0 radical (unpaired) electrons. The largest absolute Gasteiger partial charge is 0.355 e. The van der Waals surface area contributed by atoms with Gasteiger partial charge in [0.25, 0.3) is 0 Å². The van der Waals surface area contributed by atoms with Crippen LogP contribution in [0.5, 0.6) is 0 Å². The number of carbonyl (C=O) groups excluding carboxylic acids is 1. The van der Waals surface area contributed by atoms with Crippen LogP contribution in [0, 0.1) is 0 Å². The molecule has 1 heterocycles. The minimum Gasteiger partial charge on any atom is -0.355 e. The molecule has 5 nitrogen and oxygen atoms in total. The average molecular weight is 246 g/mol. The highest BCUT2D eigenvalue weighted by atomic mass is 16.1. The van der Waals surface area contributed by atoms with Crippen LogP contribution in [-0.2, 0) is 17.8 Å². The molecule has 0 bridgehead atoms. The van der Waals surface area contributed by atoms with Crippen LogP contribution in [0.25, 0.3) is 11.0 Å². The van der Waals surface area contributed by atoms with Crippen molar-refractivity contribution in [3.8, 4) is 0 Å². The van der Waals surface area contributed by atoms with Gasteiger partial charge in [0.2, 0.25) is 5.91 Å². The van der Waals surface area contributed by atoms with Crippen molar-refractivity contribution >= 4 is 16.9 Å². The van der Waals surface area contributed by atoms with E-state index in [2.05, 4.69) is 40.0 Å². The summed E-state index contributed by atoms with van der Waals surface area (Å²) in [5.41, 5.74) is 8.53. The van der Waals surface area contributed by atoms with Crippen molar-refractivity contribution in [1.29, 1.82) is 0 Å². The van der Waals surface area contributed by atoms with E-state index in [1.165, 1.54) is 5.56 Å². The molecule has 2 aromatic rings. The fraction of sp³-hybridized carbons (Fsp3) is 0.385. The molecule has 3 N–H and O–H groups in total. The number of fused-ring (bicyclic) bond motifs is 1. The summed E-state index contributed by atoms with van der Waals surface area (Å²) in [4.78, 5) is 15.4. The Kier molecular flexibility index (Phi) is 3.94. The molecule has 18 heavy (non-hydrogen) atoms. The summed E-state index contributed by atoms with van der Waals surface area (Å²) in [6.07, 6.45) is 2.64. The third-order valence-electron chi connectivity index (χ3n) is 2.95. The first-order valence-corrected chi connectivity index (χ1v) is 6.15. The van der Waals surface area contributed by atoms with Crippen LogP contribution in [-0.4, -0.2) is 28.5 Å². The van der Waals surface area contributed by atoms with Crippen molar-refractivity contribution in [3.63, 3.8) is 0 Å². The monoisotopic (exact) mass is 246 g/mol. The van der Waals surface area contributed by atoms with Crippen LogP contribution < -0.4 is 11.1 Å². The molecule has 1 amide bonds. The topological polar surface area (TPSA) is 72.9 Å². The lowest BCUT2D eigenvalue weighted by atomic mass is 10.1. The average Bonchev–Trinajstić information content (AvgIpc) is 2.80. The molecule has 0 spiro atoms. The van der Waals surface area contributed by atoms with Crippen molar-refractivity contribution in [2.75, 3.05) is 13.1 Å². The predicted octanol–water partition coefficient (Wildman–Crippen LogP) is 0.674. The second-order valence-corrected chi connectivity index (χ2v) is 4.16. The summed E-state index contributed by atoms with van der Waals surface area (Å²) in [6.45, 7) is 3.66. The number of aromatic nitrogens is 2. The number of nitrogens with zero attached hydrogens (tertiary/aromatic N) is 2. The van der Waals surface area contributed by atoms with E-state index >= 15 is 0 Å². The van der Waals surface area contributed by atoms with Gasteiger partial charge >= 0.3 is 0 Å². The molecular weight excluding hydrogens is 228 g/mol. The SMILES string of the molecule is CCn1cnc2cc(CCNC(=O)CN)ccc21. The summed E-state index contributed by atoms with van der Waals surface area (Å²) < 4.78 is 2.11. The number of benzene rings is 1. The Morgan fingerprint density at radius 2 is 2.33 bits per heavy atom. The maximum Gasteiger partial charge on any atom is 0.233 e. The van der Waals surface area contributed by atoms with Crippen molar-refractivity contribution in [3.05, 3.63) is 30.1 Å². The normalized spacial score (nSPS) is 10.8. The molecule has 0 saturated heterocycles. The second kappa shape index (κ2) is 5.64. The summed E-state index contributed by atoms with van der Waals surface area (Å²) >= 11 is 0. The van der Waals surface area contributed by atoms with Gasteiger partial charge in [0, 0.05) is 13.1 Å². The molecule has 0 saturated carbocycles. The van der Waals surface area contributed by atoms with E-state index in [1.807, 2.05) is 6.33 Å². The molecule has 1 aromatic carbocycles. The standard InChI is InChI=1S/C13H18N4O/c1-2-17-9-16-11-7-10(3-4-12(11)17)5-6-15-13(18)8-14/h3-4,7,9H,2,5-6,8,14H2,1H3,(H,15,18). The van der Waals surface area contributed by atoms with Crippen LogP contribution in [0.2, 0.25) is 0 Å². The number of nitrogens with two attached hydrogens (primary N) is 1. The molecule has 0 aliphatic rings. The van der Waals surface area contributed by atoms with Gasteiger partial charge < -0.3 is 15.6 Å². The first-order chi connectivity index (χ1) is 8.74. The van der Waals surface area contributed by atoms with E-state index in [9.17, 15) is 4.79 Å². The fourth-order valence-corrected chi connectivity index (χ4v) is 1.94. The first kappa shape index (κ1) is 12.6. The van der Waals surface area contributed by atoms with E-state index in [1.54, 1.807) is 0 Å². The van der Waals surface area contributed by atoms with Crippen molar-refractivity contribution in [2.24, 2.45) is 5.73 Å². The second-order valence-electron chi connectivity index (χ2n) is 4.16. The van der Waals surface area contributed by atoms with Gasteiger partial charge in [-0.1, -0.05) is 6.07 Å². The number of carbonyl (C=O) groups is 1. The summed E-state index contributed by atoms with van der Waals surface area (Å²) in [5.74, 6) is -0.119. The predicted molar refractivity (Wildman–Crippen MR) is 71.2 cm³/mol. The van der Waals surface area contributed by atoms with Crippen molar-refractivity contribution in [1.82, 2.24) is 14.9 Å². The molecule has 0 unspecified atom stereocenters. The lowest BCUT2D eigenvalue weighted by Crippen LogP contribution is -2.31. The lowest BCUT2D eigenvalue weighted by Gasteiger charge is -2.04. The van der Waals surface area contributed by atoms with Gasteiger partial charge in [-0.25, -0.2) is 4.98 Å². The maximum absolute atomic E-state index is 11.0. The minimum atomic E-state index is -0.119. The highest BCUT2D eigenvalue weighted by Gasteiger charge is 2.03. The smallest absolute Gasteiger partial charge is 0.233 e. The van der Waals surface area contributed by atoms with Crippen LogP contribution in [0.4, 0.5) is 0 Å². The quantitative estimate of drug-likeness (QED) is 0.814. The molecule has 1 aromatic heterocycles. The third-order valence-corrected chi connectivity index (χ3v) is 2.95.